The maximum absolute atomic E-state index is 7.77. The molecule has 5 aromatic rings. The lowest BCUT2D eigenvalue weighted by Crippen LogP contribution is -2.35. The van der Waals surface area contributed by atoms with Gasteiger partial charge in [0.25, 0.3) is 0 Å². The van der Waals surface area contributed by atoms with Gasteiger partial charge in [0, 0.05) is 39.6 Å². The Morgan fingerprint density at radius 1 is 0.702 bits per heavy atom. The summed E-state index contributed by atoms with van der Waals surface area (Å²) in [5.41, 5.74) is 6.87. The molecule has 0 aromatic heterocycles. The van der Waals surface area contributed by atoms with E-state index in [2.05, 4.69) is 67.2 Å². The number of rotatable bonds is 8. The van der Waals surface area contributed by atoms with Gasteiger partial charge in [0.05, 0.1) is 35.0 Å². The molecule has 0 N–H and O–H groups in total. The molecule has 0 unspecified atom stereocenters. The Bertz CT molecular complexity index is 2020. The van der Waals surface area contributed by atoms with Crippen LogP contribution in [0.1, 0.15) is 54.5 Å². The van der Waals surface area contributed by atoms with Crippen LogP contribution in [-0.2, 0) is 11.0 Å². The first-order valence-electron chi connectivity index (χ1n) is 15.9. The van der Waals surface area contributed by atoms with Gasteiger partial charge in [-0.1, -0.05) is 62.4 Å². The van der Waals surface area contributed by atoms with Crippen LogP contribution >= 0.6 is 0 Å². The van der Waals surface area contributed by atoms with Crippen molar-refractivity contribution in [1.29, 1.82) is 0 Å². The number of ether oxygens (including phenoxy) is 5. The molecule has 0 saturated heterocycles. The van der Waals surface area contributed by atoms with E-state index in [1.807, 2.05) is 42.5 Å². The van der Waals surface area contributed by atoms with Gasteiger partial charge < -0.3 is 23.7 Å². The molecular weight excluding hydrogens is 586 g/mol. The molecule has 1 aliphatic carbocycles. The van der Waals surface area contributed by atoms with Crippen LogP contribution in [0.3, 0.4) is 0 Å². The molecule has 0 saturated carbocycles. The standard InChI is InChI=1S/C41H37NO5/c1-8-40(9-2)36-22-27(42-3)14-15-34(36)37-32-12-10-11-13-33(32)39-35(38(37)40)16-17-41(47-39,25-18-28(43-4)23-29(19-25)44-5)26-20-30(45-6)24-31(21-26)46-7/h10-24H,8-9H2,1-2,4-7H3. The molecule has 5 aromatic carbocycles. The fraction of sp³-hybridized carbons (Fsp3) is 0.244. The zero-order valence-electron chi connectivity index (χ0n) is 27.6. The normalized spacial score (nSPS) is 14.7. The quantitative estimate of drug-likeness (QED) is 0.161. The van der Waals surface area contributed by atoms with Crippen LogP contribution in [0.4, 0.5) is 5.69 Å². The Kier molecular flexibility index (Phi) is 7.36. The van der Waals surface area contributed by atoms with Crippen LogP contribution < -0.4 is 23.7 Å². The summed E-state index contributed by atoms with van der Waals surface area (Å²) in [5.74, 6) is 3.40. The van der Waals surface area contributed by atoms with E-state index in [1.54, 1.807) is 28.4 Å². The van der Waals surface area contributed by atoms with Crippen molar-refractivity contribution >= 4 is 22.5 Å². The minimum atomic E-state index is -1.10. The molecule has 6 heteroatoms. The smallest absolute Gasteiger partial charge is 0.187 e. The Labute approximate surface area is 275 Å². The fourth-order valence-electron chi connectivity index (χ4n) is 7.72. The first-order chi connectivity index (χ1) is 22.9. The van der Waals surface area contributed by atoms with E-state index in [-0.39, 0.29) is 5.41 Å². The lowest BCUT2D eigenvalue weighted by atomic mass is 9.71. The third-order valence-electron chi connectivity index (χ3n) is 10.1. The number of benzene rings is 5. The van der Waals surface area contributed by atoms with Crippen molar-refractivity contribution in [2.45, 2.75) is 37.7 Å². The number of fused-ring (bicyclic) bond motifs is 8. The van der Waals surface area contributed by atoms with Crippen LogP contribution in [0.15, 0.2) is 84.9 Å². The van der Waals surface area contributed by atoms with Crippen molar-refractivity contribution < 1.29 is 23.7 Å². The second kappa shape index (κ2) is 11.4. The molecule has 7 rings (SSSR count). The SMILES string of the molecule is [C-]#[N+]c1ccc2c(c1)C(CC)(CC)c1c3c(c4ccccc4c1-2)OC(c1cc(OC)cc(OC)c1)(c1cc(OC)cc(OC)c1)C=C3. The van der Waals surface area contributed by atoms with Crippen molar-refractivity contribution in [2.24, 2.45) is 0 Å². The van der Waals surface area contributed by atoms with Crippen LogP contribution in [0.5, 0.6) is 28.7 Å². The summed E-state index contributed by atoms with van der Waals surface area (Å²) in [4.78, 5) is 3.81. The van der Waals surface area contributed by atoms with Gasteiger partial charge in [0.1, 0.15) is 28.7 Å². The van der Waals surface area contributed by atoms with Crippen LogP contribution in [-0.4, -0.2) is 28.4 Å². The van der Waals surface area contributed by atoms with E-state index in [0.29, 0.717) is 28.7 Å². The second-order valence-corrected chi connectivity index (χ2v) is 12.0. The maximum atomic E-state index is 7.77. The van der Waals surface area contributed by atoms with Gasteiger partial charge in [0.15, 0.2) is 11.3 Å². The van der Waals surface area contributed by atoms with Crippen LogP contribution in [0.2, 0.25) is 0 Å². The van der Waals surface area contributed by atoms with E-state index in [9.17, 15) is 0 Å². The predicted octanol–water partition coefficient (Wildman–Crippen LogP) is 9.86. The topological polar surface area (TPSA) is 50.5 Å². The van der Waals surface area contributed by atoms with E-state index < -0.39 is 5.60 Å². The molecule has 1 heterocycles. The Balaban J connectivity index is 1.59. The van der Waals surface area contributed by atoms with Gasteiger partial charge in [-0.2, -0.15) is 0 Å². The molecule has 1 aliphatic heterocycles. The highest BCUT2D eigenvalue weighted by Crippen LogP contribution is 2.61. The number of nitrogens with zero attached hydrogens (tertiary/aromatic N) is 1. The number of hydrogen-bond donors (Lipinski definition) is 0. The average Bonchev–Trinajstić information content (AvgIpc) is 3.44. The first kappa shape index (κ1) is 30.3. The first-order valence-corrected chi connectivity index (χ1v) is 15.9. The highest BCUT2D eigenvalue weighted by Gasteiger charge is 2.47. The lowest BCUT2D eigenvalue weighted by molar-refractivity contribution is 0.161. The monoisotopic (exact) mass is 623 g/mol. The summed E-state index contributed by atoms with van der Waals surface area (Å²) in [5, 5.41) is 2.14. The molecule has 2 aliphatic rings. The third kappa shape index (κ3) is 4.37. The summed E-state index contributed by atoms with van der Waals surface area (Å²) in [6.07, 6.45) is 6.13. The molecule has 47 heavy (non-hydrogen) atoms. The molecule has 0 bridgehead atoms. The lowest BCUT2D eigenvalue weighted by Gasteiger charge is -2.39. The summed E-state index contributed by atoms with van der Waals surface area (Å²) < 4.78 is 30.5. The third-order valence-corrected chi connectivity index (χ3v) is 10.1. The van der Waals surface area contributed by atoms with E-state index in [0.717, 1.165) is 46.1 Å². The summed E-state index contributed by atoms with van der Waals surface area (Å²) >= 11 is 0. The summed E-state index contributed by atoms with van der Waals surface area (Å²) in [7, 11) is 6.59. The number of methoxy groups -OCH3 is 4. The van der Waals surface area contributed by atoms with Gasteiger partial charge in [0.2, 0.25) is 0 Å². The van der Waals surface area contributed by atoms with Crippen LogP contribution in [0.25, 0.3) is 32.8 Å². The average molecular weight is 624 g/mol. The van der Waals surface area contributed by atoms with Gasteiger partial charge >= 0.3 is 0 Å². The van der Waals surface area contributed by atoms with Crippen molar-refractivity contribution in [2.75, 3.05) is 28.4 Å². The van der Waals surface area contributed by atoms with E-state index in [1.165, 1.54) is 22.3 Å². The minimum absolute atomic E-state index is 0.286. The second-order valence-electron chi connectivity index (χ2n) is 12.0. The molecule has 0 atom stereocenters. The van der Waals surface area contributed by atoms with Crippen LogP contribution in [0, 0.1) is 6.57 Å². The van der Waals surface area contributed by atoms with Gasteiger partial charge in [-0.25, -0.2) is 4.85 Å². The molecule has 0 spiro atoms. The largest absolute Gasteiger partial charge is 0.497 e. The summed E-state index contributed by atoms with van der Waals surface area (Å²) in [6.45, 7) is 12.3. The molecule has 0 fully saturated rings. The van der Waals surface area contributed by atoms with Gasteiger partial charge in [-0.15, -0.1) is 0 Å². The molecule has 0 amide bonds. The van der Waals surface area contributed by atoms with E-state index >= 15 is 0 Å². The fourth-order valence-corrected chi connectivity index (χ4v) is 7.72. The molecule has 6 nitrogen and oxygen atoms in total. The Hall–Kier alpha value is -5.41. The van der Waals surface area contributed by atoms with E-state index in [4.69, 9.17) is 30.3 Å². The highest BCUT2D eigenvalue weighted by molar-refractivity contribution is 6.08. The van der Waals surface area contributed by atoms with Crippen molar-refractivity contribution in [3.8, 4) is 39.9 Å². The van der Waals surface area contributed by atoms with Gasteiger partial charge in [-0.05, 0) is 70.8 Å². The van der Waals surface area contributed by atoms with Crippen molar-refractivity contribution in [1.82, 2.24) is 0 Å². The Morgan fingerprint density at radius 2 is 1.26 bits per heavy atom. The zero-order valence-corrected chi connectivity index (χ0v) is 27.6. The zero-order chi connectivity index (χ0) is 32.9. The molecule has 0 radical (unpaired) electrons. The predicted molar refractivity (Wildman–Crippen MR) is 187 cm³/mol. The van der Waals surface area contributed by atoms with Gasteiger partial charge in [-0.3, -0.25) is 0 Å². The molecular formula is C41H37NO5. The minimum Gasteiger partial charge on any atom is -0.497 e. The number of hydrogen-bond acceptors (Lipinski definition) is 5. The van der Waals surface area contributed by atoms with Crippen molar-refractivity contribution in [3.63, 3.8) is 0 Å². The maximum Gasteiger partial charge on any atom is 0.187 e. The summed E-state index contributed by atoms with van der Waals surface area (Å²) in [6, 6.07) is 26.3. The molecule has 236 valence electrons. The highest BCUT2D eigenvalue weighted by atomic mass is 16.5. The van der Waals surface area contributed by atoms with Crippen molar-refractivity contribution in [3.05, 3.63) is 124 Å². The Morgan fingerprint density at radius 3 is 1.77 bits per heavy atom.